The molecular formula is C9H14O4S. The Morgan fingerprint density at radius 2 is 2.07 bits per heavy atom. The van der Waals surface area contributed by atoms with Gasteiger partial charge in [0.1, 0.15) is 0 Å². The van der Waals surface area contributed by atoms with Crippen LogP contribution in [0.4, 0.5) is 0 Å². The molecule has 5 heteroatoms. The molecule has 0 aromatic carbocycles. The van der Waals surface area contributed by atoms with Gasteiger partial charge in [0.05, 0.1) is 12.4 Å². The Hall–Kier alpha value is -0.970. The lowest BCUT2D eigenvalue weighted by Gasteiger charge is -2.01. The summed E-state index contributed by atoms with van der Waals surface area (Å²) in [5.74, 6) is -0.427. The highest BCUT2D eigenvalue weighted by Gasteiger charge is 2.02. The Balaban J connectivity index is 3.64. The molecule has 80 valence electrons. The van der Waals surface area contributed by atoms with E-state index in [4.69, 9.17) is 9.84 Å². The van der Waals surface area contributed by atoms with Crippen LogP contribution in [0.5, 0.6) is 0 Å². The van der Waals surface area contributed by atoms with E-state index < -0.39 is 5.97 Å². The van der Waals surface area contributed by atoms with Crippen LogP contribution in [-0.2, 0) is 14.3 Å². The molecule has 0 amide bonds. The van der Waals surface area contributed by atoms with Gasteiger partial charge >= 0.3 is 11.9 Å². The zero-order valence-electron chi connectivity index (χ0n) is 8.28. The topological polar surface area (TPSA) is 63.6 Å². The number of carbonyl (C=O) groups excluding carboxylic acids is 1. The van der Waals surface area contributed by atoms with Crippen molar-refractivity contribution in [2.24, 2.45) is 0 Å². The minimum Gasteiger partial charge on any atom is -0.478 e. The quantitative estimate of drug-likeness (QED) is 0.538. The number of ether oxygens (including phenoxy) is 1. The fourth-order valence-corrected chi connectivity index (χ4v) is 1.51. The van der Waals surface area contributed by atoms with Crippen molar-refractivity contribution in [2.45, 2.75) is 13.8 Å². The van der Waals surface area contributed by atoms with Crippen molar-refractivity contribution < 1.29 is 19.4 Å². The van der Waals surface area contributed by atoms with Gasteiger partial charge in [-0.2, -0.15) is 0 Å². The standard InChI is InChI=1S/C9H14O4S/c1-3-13-9(12)6-14-5-7(2)4-8(10)11/h4H,3,5-6H2,1-2H3,(H,10,11). The van der Waals surface area contributed by atoms with Gasteiger partial charge in [-0.25, -0.2) is 4.79 Å². The normalized spacial score (nSPS) is 11.1. The molecular weight excluding hydrogens is 204 g/mol. The molecule has 0 rings (SSSR count). The van der Waals surface area contributed by atoms with Gasteiger partial charge in [-0.05, 0) is 13.8 Å². The summed E-state index contributed by atoms with van der Waals surface area (Å²) in [6.07, 6.45) is 1.14. The molecule has 0 unspecified atom stereocenters. The highest BCUT2D eigenvalue weighted by atomic mass is 32.2. The van der Waals surface area contributed by atoms with E-state index in [-0.39, 0.29) is 11.7 Å². The lowest BCUT2D eigenvalue weighted by Crippen LogP contribution is -2.07. The maximum absolute atomic E-state index is 10.9. The van der Waals surface area contributed by atoms with Crippen LogP contribution in [0.2, 0.25) is 0 Å². The summed E-state index contributed by atoms with van der Waals surface area (Å²) in [5, 5.41) is 8.40. The second-order valence-electron chi connectivity index (χ2n) is 2.63. The van der Waals surface area contributed by atoms with Crippen LogP contribution in [0.3, 0.4) is 0 Å². The van der Waals surface area contributed by atoms with Crippen molar-refractivity contribution in [1.82, 2.24) is 0 Å². The molecule has 0 atom stereocenters. The zero-order chi connectivity index (χ0) is 11.0. The number of hydrogen-bond acceptors (Lipinski definition) is 4. The van der Waals surface area contributed by atoms with Gasteiger partial charge in [-0.1, -0.05) is 5.57 Å². The van der Waals surface area contributed by atoms with Crippen molar-refractivity contribution >= 4 is 23.7 Å². The summed E-state index contributed by atoms with van der Waals surface area (Å²) in [6, 6.07) is 0. The van der Waals surface area contributed by atoms with E-state index in [2.05, 4.69) is 0 Å². The molecule has 0 bridgehead atoms. The average molecular weight is 218 g/mol. The highest BCUT2D eigenvalue weighted by Crippen LogP contribution is 2.07. The predicted octanol–water partition coefficient (Wildman–Crippen LogP) is 1.31. The monoisotopic (exact) mass is 218 g/mol. The average Bonchev–Trinajstić information content (AvgIpc) is 2.02. The lowest BCUT2D eigenvalue weighted by molar-refractivity contribution is -0.139. The fourth-order valence-electron chi connectivity index (χ4n) is 0.750. The van der Waals surface area contributed by atoms with Gasteiger partial charge in [0.15, 0.2) is 0 Å². The van der Waals surface area contributed by atoms with Crippen LogP contribution in [0.25, 0.3) is 0 Å². The minimum absolute atomic E-state index is 0.263. The molecule has 0 saturated carbocycles. The number of thioether (sulfide) groups is 1. The minimum atomic E-state index is -0.959. The lowest BCUT2D eigenvalue weighted by atomic mass is 10.3. The summed E-state index contributed by atoms with van der Waals surface area (Å²) >= 11 is 1.35. The van der Waals surface area contributed by atoms with Crippen molar-refractivity contribution in [2.75, 3.05) is 18.1 Å². The smallest absolute Gasteiger partial charge is 0.328 e. The van der Waals surface area contributed by atoms with Crippen LogP contribution < -0.4 is 0 Å². The van der Waals surface area contributed by atoms with Gasteiger partial charge in [0.2, 0.25) is 0 Å². The van der Waals surface area contributed by atoms with Crippen molar-refractivity contribution in [3.05, 3.63) is 11.6 Å². The molecule has 14 heavy (non-hydrogen) atoms. The largest absolute Gasteiger partial charge is 0.478 e. The maximum Gasteiger partial charge on any atom is 0.328 e. The SMILES string of the molecule is CCOC(=O)CSCC(C)=CC(=O)O. The van der Waals surface area contributed by atoms with Crippen LogP contribution in [-0.4, -0.2) is 35.2 Å². The van der Waals surface area contributed by atoms with Gasteiger partial charge < -0.3 is 9.84 Å². The molecule has 0 aliphatic rings. The Morgan fingerprint density at radius 1 is 1.43 bits per heavy atom. The van der Waals surface area contributed by atoms with Crippen molar-refractivity contribution in [3.63, 3.8) is 0 Å². The Morgan fingerprint density at radius 3 is 2.57 bits per heavy atom. The van der Waals surface area contributed by atoms with Crippen molar-refractivity contribution in [3.8, 4) is 0 Å². The summed E-state index contributed by atoms with van der Waals surface area (Å²) in [5.41, 5.74) is 0.729. The van der Waals surface area contributed by atoms with E-state index in [0.29, 0.717) is 12.4 Å². The Labute approximate surface area is 87.3 Å². The third-order valence-corrected chi connectivity index (χ3v) is 2.32. The summed E-state index contributed by atoms with van der Waals surface area (Å²) in [7, 11) is 0. The summed E-state index contributed by atoms with van der Waals surface area (Å²) in [6.45, 7) is 3.84. The van der Waals surface area contributed by atoms with Gasteiger partial charge in [0.25, 0.3) is 0 Å². The van der Waals surface area contributed by atoms with E-state index in [1.54, 1.807) is 13.8 Å². The van der Waals surface area contributed by atoms with Crippen LogP contribution in [0, 0.1) is 0 Å². The summed E-state index contributed by atoms with van der Waals surface area (Å²) < 4.78 is 4.71. The van der Waals surface area contributed by atoms with Crippen LogP contribution in [0.1, 0.15) is 13.8 Å². The number of hydrogen-bond donors (Lipinski definition) is 1. The van der Waals surface area contributed by atoms with Gasteiger partial charge in [-0.15, -0.1) is 11.8 Å². The first-order chi connectivity index (χ1) is 6.56. The number of carboxylic acid groups (broad SMARTS) is 1. The number of carboxylic acids is 1. The first-order valence-electron chi connectivity index (χ1n) is 4.19. The molecule has 4 nitrogen and oxygen atoms in total. The molecule has 0 fully saturated rings. The first kappa shape index (κ1) is 13.0. The Bertz CT molecular complexity index is 235. The van der Waals surface area contributed by atoms with E-state index in [1.807, 2.05) is 0 Å². The molecule has 0 spiro atoms. The molecule has 0 aromatic rings. The van der Waals surface area contributed by atoms with Gasteiger partial charge in [0, 0.05) is 11.8 Å². The molecule has 0 heterocycles. The molecule has 0 aliphatic carbocycles. The number of esters is 1. The van der Waals surface area contributed by atoms with Gasteiger partial charge in [-0.3, -0.25) is 4.79 Å². The second-order valence-corrected chi connectivity index (χ2v) is 3.61. The molecule has 0 radical (unpaired) electrons. The van der Waals surface area contributed by atoms with E-state index in [0.717, 1.165) is 11.6 Å². The second kappa shape index (κ2) is 7.44. The third-order valence-electron chi connectivity index (χ3n) is 1.22. The molecule has 1 N–H and O–H groups in total. The van der Waals surface area contributed by atoms with Crippen molar-refractivity contribution in [1.29, 1.82) is 0 Å². The fraction of sp³-hybridized carbons (Fsp3) is 0.556. The first-order valence-corrected chi connectivity index (χ1v) is 5.35. The molecule has 0 aromatic heterocycles. The third kappa shape index (κ3) is 7.67. The maximum atomic E-state index is 10.9. The van der Waals surface area contributed by atoms with E-state index in [1.165, 1.54) is 11.8 Å². The predicted molar refractivity (Wildman–Crippen MR) is 55.4 cm³/mol. The van der Waals surface area contributed by atoms with E-state index in [9.17, 15) is 9.59 Å². The van der Waals surface area contributed by atoms with E-state index >= 15 is 0 Å². The molecule has 0 aliphatic heterocycles. The molecule has 0 saturated heterocycles. The van der Waals surface area contributed by atoms with Crippen LogP contribution >= 0.6 is 11.8 Å². The highest BCUT2D eigenvalue weighted by molar-refractivity contribution is 8.00. The number of rotatable bonds is 6. The van der Waals surface area contributed by atoms with Crippen LogP contribution in [0.15, 0.2) is 11.6 Å². The zero-order valence-corrected chi connectivity index (χ0v) is 9.10. The number of aliphatic carboxylic acids is 1. The number of carbonyl (C=O) groups is 2. The summed E-state index contributed by atoms with van der Waals surface area (Å²) in [4.78, 5) is 21.1. The Kier molecular flexibility index (Phi) is 6.92.